The Labute approximate surface area is 102 Å². The van der Waals surface area contributed by atoms with E-state index < -0.39 is 0 Å². The topological polar surface area (TPSA) is 73.1 Å². The second-order valence-electron chi connectivity index (χ2n) is 4.54. The van der Waals surface area contributed by atoms with E-state index >= 15 is 0 Å². The smallest absolute Gasteiger partial charge is 0.158 e. The molecule has 0 unspecified atom stereocenters. The quantitative estimate of drug-likeness (QED) is 0.788. The summed E-state index contributed by atoms with van der Waals surface area (Å²) in [6.45, 7) is 1.34. The predicted octanol–water partition coefficient (Wildman–Crippen LogP) is 1.81. The number of ether oxygens (including phenoxy) is 1. The molecule has 1 aromatic heterocycles. The van der Waals surface area contributed by atoms with Crippen molar-refractivity contribution in [1.82, 2.24) is 9.97 Å². The Morgan fingerprint density at radius 1 is 1.47 bits per heavy atom. The van der Waals surface area contributed by atoms with Crippen molar-refractivity contribution in [2.75, 3.05) is 24.7 Å². The van der Waals surface area contributed by atoms with Gasteiger partial charge >= 0.3 is 0 Å². The Hall–Kier alpha value is -1.36. The molecule has 0 radical (unpaired) electrons. The fraction of sp³-hybridized carbons (Fsp3) is 0.667. The van der Waals surface area contributed by atoms with E-state index in [1.54, 1.807) is 13.2 Å². The zero-order valence-corrected chi connectivity index (χ0v) is 10.3. The van der Waals surface area contributed by atoms with E-state index in [0.29, 0.717) is 18.2 Å². The van der Waals surface area contributed by atoms with Gasteiger partial charge in [-0.3, -0.25) is 0 Å². The van der Waals surface area contributed by atoms with Gasteiger partial charge in [0.05, 0.1) is 0 Å². The van der Waals surface area contributed by atoms with Crippen LogP contribution < -0.4 is 11.1 Å². The zero-order valence-electron chi connectivity index (χ0n) is 10.3. The van der Waals surface area contributed by atoms with Crippen molar-refractivity contribution in [3.05, 3.63) is 11.9 Å². The zero-order chi connectivity index (χ0) is 12.1. The lowest BCUT2D eigenvalue weighted by atomic mass is 9.83. The van der Waals surface area contributed by atoms with Gasteiger partial charge in [0.2, 0.25) is 0 Å². The second kappa shape index (κ2) is 5.82. The van der Waals surface area contributed by atoms with Crippen LogP contribution >= 0.6 is 0 Å². The molecule has 1 fully saturated rings. The summed E-state index contributed by atoms with van der Waals surface area (Å²) in [4.78, 5) is 8.43. The van der Waals surface area contributed by atoms with Crippen LogP contribution in [-0.2, 0) is 11.3 Å². The lowest BCUT2D eigenvalue weighted by Crippen LogP contribution is -2.16. The van der Waals surface area contributed by atoms with Crippen molar-refractivity contribution >= 4 is 11.6 Å². The molecule has 2 rings (SSSR count). The second-order valence-corrected chi connectivity index (χ2v) is 4.54. The molecule has 5 nitrogen and oxygen atoms in total. The Morgan fingerprint density at radius 2 is 2.29 bits per heavy atom. The molecule has 1 saturated carbocycles. The maximum atomic E-state index is 5.71. The van der Waals surface area contributed by atoms with Gasteiger partial charge in [0.1, 0.15) is 18.2 Å². The highest BCUT2D eigenvalue weighted by Crippen LogP contribution is 2.29. The van der Waals surface area contributed by atoms with Gasteiger partial charge in [0.25, 0.3) is 0 Å². The molecule has 0 aliphatic heterocycles. The molecule has 94 valence electrons. The van der Waals surface area contributed by atoms with Crippen LogP contribution in [0.4, 0.5) is 11.6 Å². The van der Waals surface area contributed by atoms with Gasteiger partial charge in [0.15, 0.2) is 5.82 Å². The highest BCUT2D eigenvalue weighted by atomic mass is 16.5. The van der Waals surface area contributed by atoms with E-state index in [1.807, 2.05) is 0 Å². The highest BCUT2D eigenvalue weighted by Gasteiger charge is 2.16. The minimum Gasteiger partial charge on any atom is -0.384 e. The molecular formula is C12H20N4O. The summed E-state index contributed by atoms with van der Waals surface area (Å²) in [6, 6.07) is 1.76. The normalized spacial score (nSPS) is 15.6. The molecule has 1 aromatic rings. The van der Waals surface area contributed by atoms with Gasteiger partial charge in [-0.25, -0.2) is 9.97 Å². The molecule has 1 aliphatic carbocycles. The number of hydrogen-bond acceptors (Lipinski definition) is 5. The first-order chi connectivity index (χ1) is 8.28. The van der Waals surface area contributed by atoms with Gasteiger partial charge in [-0.1, -0.05) is 19.3 Å². The van der Waals surface area contributed by atoms with E-state index in [2.05, 4.69) is 15.3 Å². The maximum Gasteiger partial charge on any atom is 0.158 e. The molecule has 5 heteroatoms. The van der Waals surface area contributed by atoms with Crippen LogP contribution in [0.3, 0.4) is 0 Å². The molecule has 3 N–H and O–H groups in total. The standard InChI is InChI=1S/C12H20N4O/c1-17-8-12-15-10(13)7-11(16-12)14-6-5-9-3-2-4-9/h7,9H,2-6,8H2,1H3,(H3,13,14,15,16). The van der Waals surface area contributed by atoms with Crippen LogP contribution in [0.15, 0.2) is 6.07 Å². The number of nitrogen functional groups attached to an aromatic ring is 1. The molecule has 0 amide bonds. The van der Waals surface area contributed by atoms with Crippen LogP contribution in [0.5, 0.6) is 0 Å². The molecule has 1 aliphatic rings. The van der Waals surface area contributed by atoms with Crippen molar-refractivity contribution in [2.45, 2.75) is 32.3 Å². The first-order valence-electron chi connectivity index (χ1n) is 6.14. The monoisotopic (exact) mass is 236 g/mol. The van der Waals surface area contributed by atoms with Gasteiger partial charge in [-0.05, 0) is 12.3 Å². The number of hydrogen-bond donors (Lipinski definition) is 2. The fourth-order valence-corrected chi connectivity index (χ4v) is 1.99. The summed E-state index contributed by atoms with van der Waals surface area (Å²) in [6.07, 6.45) is 5.36. The fourth-order valence-electron chi connectivity index (χ4n) is 1.99. The van der Waals surface area contributed by atoms with E-state index in [0.717, 1.165) is 18.3 Å². The first kappa shape index (κ1) is 12.1. The van der Waals surface area contributed by atoms with Crippen LogP contribution in [0.2, 0.25) is 0 Å². The first-order valence-corrected chi connectivity index (χ1v) is 6.14. The predicted molar refractivity (Wildman–Crippen MR) is 67.6 cm³/mol. The Kier molecular flexibility index (Phi) is 4.14. The minimum absolute atomic E-state index is 0.391. The van der Waals surface area contributed by atoms with Gasteiger partial charge in [-0.15, -0.1) is 0 Å². The van der Waals surface area contributed by atoms with Crippen molar-refractivity contribution in [2.24, 2.45) is 5.92 Å². The lowest BCUT2D eigenvalue weighted by Gasteiger charge is -2.25. The third-order valence-corrected chi connectivity index (χ3v) is 3.15. The number of aromatic nitrogens is 2. The van der Waals surface area contributed by atoms with E-state index in [9.17, 15) is 0 Å². The highest BCUT2D eigenvalue weighted by molar-refractivity contribution is 5.44. The number of nitrogens with zero attached hydrogens (tertiary/aromatic N) is 2. The summed E-state index contributed by atoms with van der Waals surface area (Å²) in [5.74, 6) is 2.81. The molecular weight excluding hydrogens is 216 g/mol. The molecule has 17 heavy (non-hydrogen) atoms. The Morgan fingerprint density at radius 3 is 2.94 bits per heavy atom. The van der Waals surface area contributed by atoms with Crippen molar-refractivity contribution < 1.29 is 4.74 Å². The molecule has 0 saturated heterocycles. The number of nitrogens with one attached hydrogen (secondary N) is 1. The number of methoxy groups -OCH3 is 1. The SMILES string of the molecule is COCc1nc(N)cc(NCCC2CCC2)n1. The number of nitrogens with two attached hydrogens (primary N) is 1. The van der Waals surface area contributed by atoms with Gasteiger partial charge in [0, 0.05) is 19.7 Å². The van der Waals surface area contributed by atoms with Gasteiger partial charge in [-0.2, -0.15) is 0 Å². The molecule has 0 bridgehead atoms. The average Bonchev–Trinajstić information content (AvgIpc) is 2.21. The maximum absolute atomic E-state index is 5.71. The summed E-state index contributed by atoms with van der Waals surface area (Å²) >= 11 is 0. The van der Waals surface area contributed by atoms with Crippen molar-refractivity contribution in [3.63, 3.8) is 0 Å². The van der Waals surface area contributed by atoms with Crippen molar-refractivity contribution in [3.8, 4) is 0 Å². The van der Waals surface area contributed by atoms with Crippen LogP contribution in [0, 0.1) is 5.92 Å². The third-order valence-electron chi connectivity index (χ3n) is 3.15. The van der Waals surface area contributed by atoms with E-state index in [1.165, 1.54) is 25.7 Å². The summed E-state index contributed by atoms with van der Waals surface area (Å²) in [5.41, 5.74) is 5.71. The summed E-state index contributed by atoms with van der Waals surface area (Å²) < 4.78 is 5.00. The summed E-state index contributed by atoms with van der Waals surface area (Å²) in [7, 11) is 1.62. The average molecular weight is 236 g/mol. The van der Waals surface area contributed by atoms with Crippen molar-refractivity contribution in [1.29, 1.82) is 0 Å². The molecule has 1 heterocycles. The lowest BCUT2D eigenvalue weighted by molar-refractivity contribution is 0.178. The largest absolute Gasteiger partial charge is 0.384 e. The number of rotatable bonds is 6. The van der Waals surface area contributed by atoms with Crippen LogP contribution in [-0.4, -0.2) is 23.6 Å². The molecule has 0 spiro atoms. The minimum atomic E-state index is 0.391. The number of anilines is 2. The molecule has 0 aromatic carbocycles. The molecule has 0 atom stereocenters. The van der Waals surface area contributed by atoms with Gasteiger partial charge < -0.3 is 15.8 Å². The Bertz CT molecular complexity index is 366. The van der Waals surface area contributed by atoms with Crippen LogP contribution in [0.1, 0.15) is 31.5 Å². The van der Waals surface area contributed by atoms with E-state index in [-0.39, 0.29) is 0 Å². The van der Waals surface area contributed by atoms with Crippen LogP contribution in [0.25, 0.3) is 0 Å². The van der Waals surface area contributed by atoms with E-state index in [4.69, 9.17) is 10.5 Å². The third kappa shape index (κ3) is 3.56. The summed E-state index contributed by atoms with van der Waals surface area (Å²) in [5, 5.41) is 3.30. The Balaban J connectivity index is 1.85.